The van der Waals surface area contributed by atoms with Gasteiger partial charge in [0.05, 0.1) is 14.2 Å². The minimum absolute atomic E-state index is 0.0594. The molecule has 0 bridgehead atoms. The molecule has 0 heterocycles. The zero-order chi connectivity index (χ0) is 21.8. The van der Waals surface area contributed by atoms with Gasteiger partial charge < -0.3 is 25.4 Å². The van der Waals surface area contributed by atoms with E-state index in [0.717, 1.165) is 35.6 Å². The maximum Gasteiger partial charge on any atom is 0.242 e. The Morgan fingerprint density at radius 2 is 1.70 bits per heavy atom. The predicted molar refractivity (Wildman–Crippen MR) is 120 cm³/mol. The summed E-state index contributed by atoms with van der Waals surface area (Å²) in [6.07, 6.45) is 0.824. The Labute approximate surface area is 178 Å². The Kier molecular flexibility index (Phi) is 9.51. The monoisotopic (exact) mass is 412 g/mol. The SMILES string of the molecule is CCNC(=NCC(=O)NCc1ccc(OC)cc1)NCCc1ccc(C)c(OC)c1. The second-order valence-corrected chi connectivity index (χ2v) is 6.80. The highest BCUT2D eigenvalue weighted by atomic mass is 16.5. The Hall–Kier alpha value is -3.22. The van der Waals surface area contributed by atoms with Crippen molar-refractivity contribution < 1.29 is 14.3 Å². The molecule has 0 atom stereocenters. The molecule has 2 aromatic carbocycles. The molecule has 0 unspecified atom stereocenters. The fraction of sp³-hybridized carbons (Fsp3) is 0.391. The Morgan fingerprint density at radius 1 is 0.967 bits per heavy atom. The van der Waals surface area contributed by atoms with Gasteiger partial charge in [-0.15, -0.1) is 0 Å². The number of amides is 1. The van der Waals surface area contributed by atoms with E-state index in [2.05, 4.69) is 33.1 Å². The summed E-state index contributed by atoms with van der Waals surface area (Å²) >= 11 is 0. The Balaban J connectivity index is 1.80. The fourth-order valence-electron chi connectivity index (χ4n) is 2.84. The average Bonchev–Trinajstić information content (AvgIpc) is 2.77. The lowest BCUT2D eigenvalue weighted by Crippen LogP contribution is -2.39. The van der Waals surface area contributed by atoms with Crippen molar-refractivity contribution in [1.29, 1.82) is 0 Å². The van der Waals surface area contributed by atoms with Crippen LogP contribution >= 0.6 is 0 Å². The van der Waals surface area contributed by atoms with Gasteiger partial charge in [-0.25, -0.2) is 4.99 Å². The van der Waals surface area contributed by atoms with Crippen LogP contribution in [0.25, 0.3) is 0 Å². The highest BCUT2D eigenvalue weighted by molar-refractivity contribution is 5.84. The van der Waals surface area contributed by atoms with Gasteiger partial charge in [0.25, 0.3) is 0 Å². The van der Waals surface area contributed by atoms with E-state index in [0.29, 0.717) is 19.0 Å². The van der Waals surface area contributed by atoms with E-state index >= 15 is 0 Å². The summed E-state index contributed by atoms with van der Waals surface area (Å²) in [7, 11) is 3.31. The first-order valence-corrected chi connectivity index (χ1v) is 10.1. The molecule has 0 radical (unpaired) electrons. The van der Waals surface area contributed by atoms with Crippen LogP contribution in [-0.2, 0) is 17.8 Å². The molecule has 0 saturated carbocycles. The first kappa shape index (κ1) is 23.1. The minimum Gasteiger partial charge on any atom is -0.497 e. The molecule has 0 spiro atoms. The second kappa shape index (κ2) is 12.4. The molecule has 0 aliphatic rings. The van der Waals surface area contributed by atoms with Crippen LogP contribution in [0.5, 0.6) is 11.5 Å². The van der Waals surface area contributed by atoms with Crippen LogP contribution in [0.4, 0.5) is 0 Å². The summed E-state index contributed by atoms with van der Waals surface area (Å²) in [4.78, 5) is 16.5. The van der Waals surface area contributed by atoms with Crippen LogP contribution in [0.1, 0.15) is 23.6 Å². The largest absolute Gasteiger partial charge is 0.497 e. The van der Waals surface area contributed by atoms with Gasteiger partial charge in [0.2, 0.25) is 5.91 Å². The summed E-state index contributed by atoms with van der Waals surface area (Å²) in [5.74, 6) is 2.17. The van der Waals surface area contributed by atoms with Crippen LogP contribution in [0.3, 0.4) is 0 Å². The normalized spacial score (nSPS) is 11.0. The first-order valence-electron chi connectivity index (χ1n) is 10.1. The zero-order valence-electron chi connectivity index (χ0n) is 18.2. The van der Waals surface area contributed by atoms with Crippen molar-refractivity contribution in [3.05, 3.63) is 59.2 Å². The third-order valence-electron chi connectivity index (χ3n) is 4.55. The molecule has 3 N–H and O–H groups in total. The number of ether oxygens (including phenoxy) is 2. The van der Waals surface area contributed by atoms with Gasteiger partial charge in [0, 0.05) is 19.6 Å². The number of nitrogens with zero attached hydrogens (tertiary/aromatic N) is 1. The molecule has 2 aromatic rings. The van der Waals surface area contributed by atoms with E-state index in [1.54, 1.807) is 14.2 Å². The summed E-state index contributed by atoms with van der Waals surface area (Å²) in [5, 5.41) is 9.31. The van der Waals surface area contributed by atoms with Gasteiger partial charge >= 0.3 is 0 Å². The lowest BCUT2D eigenvalue weighted by molar-refractivity contribution is -0.119. The highest BCUT2D eigenvalue weighted by Gasteiger charge is 2.04. The molecule has 0 aromatic heterocycles. The zero-order valence-corrected chi connectivity index (χ0v) is 18.2. The number of nitrogens with one attached hydrogen (secondary N) is 3. The van der Waals surface area contributed by atoms with Gasteiger partial charge in [0.1, 0.15) is 18.0 Å². The van der Waals surface area contributed by atoms with Crippen LogP contribution in [0.15, 0.2) is 47.5 Å². The van der Waals surface area contributed by atoms with Crippen molar-refractivity contribution >= 4 is 11.9 Å². The molecular weight excluding hydrogens is 380 g/mol. The third-order valence-corrected chi connectivity index (χ3v) is 4.55. The number of guanidine groups is 1. The van der Waals surface area contributed by atoms with Crippen LogP contribution in [0, 0.1) is 6.92 Å². The van der Waals surface area contributed by atoms with E-state index in [1.165, 1.54) is 5.56 Å². The predicted octanol–water partition coefficient (Wildman–Crippen LogP) is 2.43. The molecular formula is C23H32N4O3. The summed E-state index contributed by atoms with van der Waals surface area (Å²) < 4.78 is 10.5. The van der Waals surface area contributed by atoms with Gasteiger partial charge in [-0.05, 0) is 55.2 Å². The van der Waals surface area contributed by atoms with E-state index in [4.69, 9.17) is 9.47 Å². The van der Waals surface area contributed by atoms with Crippen LogP contribution in [0.2, 0.25) is 0 Å². The molecule has 7 heteroatoms. The summed E-state index contributed by atoms with van der Waals surface area (Å²) in [5.41, 5.74) is 3.30. The molecule has 2 rings (SSSR count). The van der Waals surface area contributed by atoms with E-state index in [-0.39, 0.29) is 12.5 Å². The number of carbonyl (C=O) groups is 1. The molecule has 7 nitrogen and oxygen atoms in total. The average molecular weight is 413 g/mol. The lowest BCUT2D eigenvalue weighted by Gasteiger charge is -2.12. The van der Waals surface area contributed by atoms with Crippen LogP contribution in [-0.4, -0.2) is 45.7 Å². The fourth-order valence-corrected chi connectivity index (χ4v) is 2.84. The molecule has 0 fully saturated rings. The lowest BCUT2D eigenvalue weighted by atomic mass is 10.1. The van der Waals surface area contributed by atoms with Crippen molar-refractivity contribution in [1.82, 2.24) is 16.0 Å². The number of carbonyl (C=O) groups excluding carboxylic acids is 1. The van der Waals surface area contributed by atoms with Gasteiger partial charge in [0.15, 0.2) is 5.96 Å². The molecule has 0 aliphatic carbocycles. The number of aryl methyl sites for hydroxylation is 1. The molecule has 1 amide bonds. The molecule has 0 aliphatic heterocycles. The number of hydrogen-bond donors (Lipinski definition) is 3. The van der Waals surface area contributed by atoms with Crippen LogP contribution < -0.4 is 25.4 Å². The second-order valence-electron chi connectivity index (χ2n) is 6.80. The minimum atomic E-state index is -0.133. The number of methoxy groups -OCH3 is 2. The van der Waals surface area contributed by atoms with Crippen molar-refractivity contribution in [2.75, 3.05) is 33.9 Å². The van der Waals surface area contributed by atoms with Crippen molar-refractivity contribution in [2.45, 2.75) is 26.8 Å². The molecule has 30 heavy (non-hydrogen) atoms. The highest BCUT2D eigenvalue weighted by Crippen LogP contribution is 2.19. The van der Waals surface area contributed by atoms with E-state index in [1.807, 2.05) is 44.2 Å². The standard InChI is InChI=1S/C23H32N4O3/c1-5-24-23(25-13-12-18-7-6-17(2)21(14-18)30-4)27-16-22(28)26-15-19-8-10-20(29-3)11-9-19/h6-11,14H,5,12-13,15-16H2,1-4H3,(H,26,28)(H2,24,25,27). The van der Waals surface area contributed by atoms with Gasteiger partial charge in [-0.1, -0.05) is 24.3 Å². The quantitative estimate of drug-likeness (QED) is 0.412. The number of hydrogen-bond acceptors (Lipinski definition) is 4. The van der Waals surface area contributed by atoms with Crippen molar-refractivity contribution in [3.63, 3.8) is 0 Å². The maximum absolute atomic E-state index is 12.1. The third kappa shape index (κ3) is 7.66. The van der Waals surface area contributed by atoms with E-state index in [9.17, 15) is 4.79 Å². The van der Waals surface area contributed by atoms with Gasteiger partial charge in [-0.2, -0.15) is 0 Å². The van der Waals surface area contributed by atoms with Gasteiger partial charge in [-0.3, -0.25) is 4.79 Å². The smallest absolute Gasteiger partial charge is 0.242 e. The summed E-state index contributed by atoms with van der Waals surface area (Å²) in [6.45, 7) is 5.95. The Morgan fingerprint density at radius 3 is 2.37 bits per heavy atom. The topological polar surface area (TPSA) is 84.0 Å². The molecule has 0 saturated heterocycles. The Bertz CT molecular complexity index is 835. The number of aliphatic imine (C=N–C) groups is 1. The number of rotatable bonds is 10. The number of benzene rings is 2. The van der Waals surface area contributed by atoms with Crippen molar-refractivity contribution in [3.8, 4) is 11.5 Å². The summed E-state index contributed by atoms with van der Waals surface area (Å²) in [6, 6.07) is 13.8. The van der Waals surface area contributed by atoms with Crippen molar-refractivity contribution in [2.24, 2.45) is 4.99 Å². The first-order chi connectivity index (χ1) is 14.5. The van der Waals surface area contributed by atoms with E-state index < -0.39 is 0 Å². The molecule has 162 valence electrons. The maximum atomic E-state index is 12.1.